The van der Waals surface area contributed by atoms with Gasteiger partial charge >= 0.3 is 18.0 Å². The summed E-state index contributed by atoms with van der Waals surface area (Å²) in [4.78, 5) is 14.1. The summed E-state index contributed by atoms with van der Waals surface area (Å²) in [6.07, 6.45) is -5.09. The summed E-state index contributed by atoms with van der Waals surface area (Å²) in [5.74, 6) is -7.91. The van der Waals surface area contributed by atoms with Crippen LogP contribution < -0.4 is 11.1 Å². The molecule has 0 saturated heterocycles. The number of hydrogen-bond donors (Lipinski definition) is 2. The molecule has 0 atom stereocenters. The maximum atomic E-state index is 12.5. The molecule has 0 aromatic carbocycles. The molecular weight excluding hydrogens is 249 g/mol. The minimum Gasteiger partial charge on any atom is -0.384 e. The maximum absolute atomic E-state index is 12.5. The molecule has 94 valence electrons. The van der Waals surface area contributed by atoms with Gasteiger partial charge in [-0.3, -0.25) is 4.79 Å². The van der Waals surface area contributed by atoms with Gasteiger partial charge in [0.05, 0.1) is 11.9 Å². The summed E-state index contributed by atoms with van der Waals surface area (Å²) < 4.78 is 60.4. The number of nitrogens with one attached hydrogen (secondary N) is 1. The van der Waals surface area contributed by atoms with Gasteiger partial charge in [0.1, 0.15) is 5.82 Å². The van der Waals surface area contributed by atoms with Crippen molar-refractivity contribution in [1.29, 1.82) is 0 Å². The molecule has 0 fully saturated rings. The summed E-state index contributed by atoms with van der Waals surface area (Å²) in [6, 6.07) is 2.19. The van der Waals surface area contributed by atoms with Crippen LogP contribution in [0.15, 0.2) is 18.3 Å². The van der Waals surface area contributed by atoms with Crippen LogP contribution in [0.5, 0.6) is 0 Å². The van der Waals surface area contributed by atoms with Crippen molar-refractivity contribution < 1.29 is 26.7 Å². The molecule has 0 aliphatic carbocycles. The van der Waals surface area contributed by atoms with Crippen LogP contribution in [0.3, 0.4) is 0 Å². The zero-order valence-corrected chi connectivity index (χ0v) is 8.05. The van der Waals surface area contributed by atoms with E-state index in [1.54, 1.807) is 0 Å². The number of amides is 1. The third-order valence-corrected chi connectivity index (χ3v) is 1.69. The molecule has 17 heavy (non-hydrogen) atoms. The van der Waals surface area contributed by atoms with Crippen LogP contribution in [0, 0.1) is 0 Å². The maximum Gasteiger partial charge on any atom is 0.463 e. The number of nitrogens with zero attached hydrogens (tertiary/aromatic N) is 1. The number of nitrogen functional groups attached to an aromatic ring is 1. The molecule has 1 heterocycles. The van der Waals surface area contributed by atoms with Gasteiger partial charge in [0.15, 0.2) is 0 Å². The summed E-state index contributed by atoms with van der Waals surface area (Å²) >= 11 is 0. The molecule has 0 saturated carbocycles. The van der Waals surface area contributed by atoms with Crippen molar-refractivity contribution in [1.82, 2.24) is 4.98 Å². The van der Waals surface area contributed by atoms with Crippen LogP contribution in [0.4, 0.5) is 33.5 Å². The number of nitrogens with two attached hydrogens (primary N) is 1. The van der Waals surface area contributed by atoms with E-state index in [0.29, 0.717) is 0 Å². The number of halogens is 5. The lowest BCUT2D eigenvalue weighted by molar-refractivity contribution is -0.267. The fourth-order valence-corrected chi connectivity index (χ4v) is 0.818. The van der Waals surface area contributed by atoms with Gasteiger partial charge in [0.25, 0.3) is 0 Å². The van der Waals surface area contributed by atoms with Crippen molar-refractivity contribution in [2.45, 2.75) is 12.1 Å². The molecule has 0 radical (unpaired) electrons. The minimum absolute atomic E-state index is 0.0329. The van der Waals surface area contributed by atoms with E-state index in [1.807, 2.05) is 0 Å². The van der Waals surface area contributed by atoms with E-state index in [4.69, 9.17) is 5.73 Å². The van der Waals surface area contributed by atoms with Gasteiger partial charge in [-0.05, 0) is 12.1 Å². The van der Waals surface area contributed by atoms with Gasteiger partial charge < -0.3 is 11.1 Å². The van der Waals surface area contributed by atoms with E-state index in [9.17, 15) is 26.7 Å². The van der Waals surface area contributed by atoms with E-state index >= 15 is 0 Å². The van der Waals surface area contributed by atoms with Gasteiger partial charge in [-0.1, -0.05) is 0 Å². The number of carbonyl (C=O) groups excluding carboxylic acids is 1. The lowest BCUT2D eigenvalue weighted by Gasteiger charge is -2.18. The van der Waals surface area contributed by atoms with Crippen molar-refractivity contribution in [2.75, 3.05) is 11.1 Å². The van der Waals surface area contributed by atoms with Crippen LogP contribution in [0.2, 0.25) is 0 Å². The monoisotopic (exact) mass is 255 g/mol. The van der Waals surface area contributed by atoms with Crippen LogP contribution in [-0.2, 0) is 4.79 Å². The molecule has 0 unspecified atom stereocenters. The summed E-state index contributed by atoms with van der Waals surface area (Å²) in [5.41, 5.74) is 4.85. The third-order valence-electron chi connectivity index (χ3n) is 1.69. The van der Waals surface area contributed by atoms with Gasteiger partial charge in [0.2, 0.25) is 0 Å². The van der Waals surface area contributed by atoms with E-state index in [1.165, 1.54) is 5.32 Å². The Bertz CT molecular complexity index is 414. The Labute approximate surface area is 91.6 Å². The first-order valence-electron chi connectivity index (χ1n) is 4.12. The number of hydrogen-bond acceptors (Lipinski definition) is 3. The van der Waals surface area contributed by atoms with Crippen LogP contribution in [0.1, 0.15) is 0 Å². The predicted molar refractivity (Wildman–Crippen MR) is 48.3 cm³/mol. The predicted octanol–water partition coefficient (Wildman–Crippen LogP) is 1.80. The normalized spacial score (nSPS) is 12.3. The number of carbonyl (C=O) groups is 1. The van der Waals surface area contributed by atoms with E-state index in [2.05, 4.69) is 4.98 Å². The second-order valence-corrected chi connectivity index (χ2v) is 3.00. The molecule has 1 rings (SSSR count). The minimum atomic E-state index is -5.95. The lowest BCUT2D eigenvalue weighted by Crippen LogP contribution is -2.47. The van der Waals surface area contributed by atoms with Crippen molar-refractivity contribution in [2.24, 2.45) is 0 Å². The Kier molecular flexibility index (Phi) is 3.21. The largest absolute Gasteiger partial charge is 0.463 e. The van der Waals surface area contributed by atoms with Crippen molar-refractivity contribution >= 4 is 17.4 Å². The lowest BCUT2D eigenvalue weighted by atomic mass is 10.3. The van der Waals surface area contributed by atoms with Crippen LogP contribution in [-0.4, -0.2) is 23.0 Å². The summed E-state index contributed by atoms with van der Waals surface area (Å²) in [6.45, 7) is 0. The number of aromatic nitrogens is 1. The zero-order chi connectivity index (χ0) is 13.3. The quantitative estimate of drug-likeness (QED) is 0.792. The topological polar surface area (TPSA) is 68.0 Å². The molecule has 0 bridgehead atoms. The molecule has 1 aromatic rings. The first-order chi connectivity index (χ1) is 7.64. The van der Waals surface area contributed by atoms with Crippen LogP contribution >= 0.6 is 0 Å². The van der Waals surface area contributed by atoms with E-state index < -0.39 is 18.0 Å². The Morgan fingerprint density at radius 3 is 2.24 bits per heavy atom. The van der Waals surface area contributed by atoms with Gasteiger partial charge in [0, 0.05) is 0 Å². The molecule has 9 heteroatoms. The fraction of sp³-hybridized carbons (Fsp3) is 0.250. The van der Waals surface area contributed by atoms with E-state index in [-0.39, 0.29) is 11.5 Å². The fourth-order valence-electron chi connectivity index (χ4n) is 0.818. The molecule has 1 aromatic heterocycles. The average molecular weight is 255 g/mol. The number of pyridine rings is 1. The molecule has 1 amide bonds. The first kappa shape index (κ1) is 13.1. The molecular formula is C8H6F5N3O. The molecule has 0 aliphatic heterocycles. The average Bonchev–Trinajstić information content (AvgIpc) is 2.19. The first-order valence-corrected chi connectivity index (χ1v) is 4.12. The Morgan fingerprint density at radius 1 is 1.24 bits per heavy atom. The van der Waals surface area contributed by atoms with E-state index in [0.717, 1.165) is 18.3 Å². The van der Waals surface area contributed by atoms with Crippen molar-refractivity contribution in [3.05, 3.63) is 18.3 Å². The zero-order valence-electron chi connectivity index (χ0n) is 8.05. The number of anilines is 2. The molecule has 0 spiro atoms. The smallest absolute Gasteiger partial charge is 0.384 e. The van der Waals surface area contributed by atoms with Crippen LogP contribution in [0.25, 0.3) is 0 Å². The standard InChI is InChI=1S/C8H6F5N3O/c9-7(10,8(11,12)13)6(17)16-4-1-2-5(14)15-3-4/h1-3H,(H2,14,15)(H,16,17). The molecule has 4 nitrogen and oxygen atoms in total. The molecule has 3 N–H and O–H groups in total. The van der Waals surface area contributed by atoms with Crippen molar-refractivity contribution in [3.8, 4) is 0 Å². The summed E-state index contributed by atoms with van der Waals surface area (Å²) in [7, 11) is 0. The van der Waals surface area contributed by atoms with Gasteiger partial charge in [-0.25, -0.2) is 4.98 Å². The summed E-state index contributed by atoms with van der Waals surface area (Å²) in [5, 5.41) is 1.39. The second kappa shape index (κ2) is 4.15. The van der Waals surface area contributed by atoms with Crippen molar-refractivity contribution in [3.63, 3.8) is 0 Å². The number of rotatable bonds is 2. The SMILES string of the molecule is Nc1ccc(NC(=O)C(F)(F)C(F)(F)F)cn1. The number of alkyl halides is 5. The highest BCUT2D eigenvalue weighted by Crippen LogP contribution is 2.36. The van der Waals surface area contributed by atoms with Gasteiger partial charge in [-0.15, -0.1) is 0 Å². The highest BCUT2D eigenvalue weighted by atomic mass is 19.4. The molecule has 0 aliphatic rings. The highest BCUT2D eigenvalue weighted by molar-refractivity contribution is 5.96. The Morgan fingerprint density at radius 2 is 1.82 bits per heavy atom. The Balaban J connectivity index is 2.83. The highest BCUT2D eigenvalue weighted by Gasteiger charge is 2.63. The third kappa shape index (κ3) is 2.80. The Hall–Kier alpha value is -1.93. The van der Waals surface area contributed by atoms with Gasteiger partial charge in [-0.2, -0.15) is 22.0 Å². The second-order valence-electron chi connectivity index (χ2n) is 3.00.